The largest absolute Gasteiger partial charge is 0.339 e. The maximum atomic E-state index is 5.26. The molecule has 1 rings (SSSR count). The number of aromatic nitrogens is 2. The van der Waals surface area contributed by atoms with E-state index in [2.05, 4.69) is 50.1 Å². The molecule has 1 aromatic rings. The first-order valence-corrected chi connectivity index (χ1v) is 6.50. The van der Waals surface area contributed by atoms with Crippen LogP contribution in [0.15, 0.2) is 4.52 Å². The number of nitrogens with one attached hydrogen (secondary N) is 1. The number of aryl methyl sites for hydroxylation is 1. The van der Waals surface area contributed by atoms with Crippen LogP contribution in [-0.4, -0.2) is 22.7 Å². The fourth-order valence-electron chi connectivity index (χ4n) is 1.49. The molecule has 0 saturated carbocycles. The van der Waals surface area contributed by atoms with Gasteiger partial charge in [0.25, 0.3) is 0 Å². The molecule has 1 heterocycles. The average molecular weight is 239 g/mol. The third-order valence-electron chi connectivity index (χ3n) is 2.67. The summed E-state index contributed by atoms with van der Waals surface area (Å²) in [7, 11) is 0. The summed E-state index contributed by atoms with van der Waals surface area (Å²) in [6.07, 6.45) is 3.05. The van der Waals surface area contributed by atoms with E-state index in [4.69, 9.17) is 4.52 Å². The Balaban J connectivity index is 2.40. The van der Waals surface area contributed by atoms with Gasteiger partial charge in [-0.3, -0.25) is 0 Å². The molecule has 98 valence electrons. The molecule has 0 aliphatic heterocycles. The molecular weight excluding hydrogens is 214 g/mol. The van der Waals surface area contributed by atoms with Gasteiger partial charge in [-0.2, -0.15) is 4.98 Å². The second kappa shape index (κ2) is 6.15. The zero-order chi connectivity index (χ0) is 12.9. The van der Waals surface area contributed by atoms with Crippen molar-refractivity contribution in [3.8, 4) is 0 Å². The molecule has 1 atom stereocenters. The lowest BCUT2D eigenvalue weighted by atomic mass is 9.96. The molecule has 0 aliphatic carbocycles. The van der Waals surface area contributed by atoms with E-state index >= 15 is 0 Å². The Morgan fingerprint density at radius 2 is 2.06 bits per heavy atom. The maximum absolute atomic E-state index is 5.26. The summed E-state index contributed by atoms with van der Waals surface area (Å²) in [5, 5.41) is 7.47. The Hall–Kier alpha value is -0.900. The highest BCUT2D eigenvalue weighted by molar-refractivity contribution is 5.00. The standard InChI is InChI=1S/C13H25N3O/c1-6-9-14-10(2)7-8-11-15-12(16-17-11)13(3,4)5/h10,14H,6-9H2,1-5H3. The SMILES string of the molecule is CCCNC(C)CCc1nc(C(C)(C)C)no1. The molecule has 0 aromatic carbocycles. The first-order chi connectivity index (χ1) is 7.93. The summed E-state index contributed by atoms with van der Waals surface area (Å²) < 4.78 is 5.26. The molecule has 0 amide bonds. The second-order valence-electron chi connectivity index (χ2n) is 5.66. The molecule has 1 aromatic heterocycles. The van der Waals surface area contributed by atoms with E-state index in [1.54, 1.807) is 0 Å². The lowest BCUT2D eigenvalue weighted by molar-refractivity contribution is 0.354. The third kappa shape index (κ3) is 4.86. The number of hydrogen-bond donors (Lipinski definition) is 1. The normalized spacial score (nSPS) is 13.9. The molecule has 1 N–H and O–H groups in total. The molecule has 0 fully saturated rings. The van der Waals surface area contributed by atoms with Crippen molar-refractivity contribution in [2.75, 3.05) is 6.54 Å². The lowest BCUT2D eigenvalue weighted by Gasteiger charge is -2.11. The van der Waals surface area contributed by atoms with Crippen molar-refractivity contribution in [3.05, 3.63) is 11.7 Å². The summed E-state index contributed by atoms with van der Waals surface area (Å²) in [4.78, 5) is 4.43. The summed E-state index contributed by atoms with van der Waals surface area (Å²) >= 11 is 0. The van der Waals surface area contributed by atoms with Gasteiger partial charge in [-0.25, -0.2) is 0 Å². The average Bonchev–Trinajstić information content (AvgIpc) is 2.71. The summed E-state index contributed by atoms with van der Waals surface area (Å²) in [6.45, 7) is 11.7. The van der Waals surface area contributed by atoms with Gasteiger partial charge in [-0.15, -0.1) is 0 Å². The van der Waals surface area contributed by atoms with Crippen LogP contribution in [0.1, 0.15) is 59.2 Å². The van der Waals surface area contributed by atoms with Crippen molar-refractivity contribution < 1.29 is 4.52 Å². The van der Waals surface area contributed by atoms with Crippen molar-refractivity contribution in [2.24, 2.45) is 0 Å². The van der Waals surface area contributed by atoms with Gasteiger partial charge < -0.3 is 9.84 Å². The Kier molecular flexibility index (Phi) is 5.12. The Morgan fingerprint density at radius 1 is 1.35 bits per heavy atom. The number of nitrogens with zero attached hydrogens (tertiary/aromatic N) is 2. The number of hydrogen-bond acceptors (Lipinski definition) is 4. The molecule has 0 spiro atoms. The van der Waals surface area contributed by atoms with Gasteiger partial charge in [0, 0.05) is 17.9 Å². The monoisotopic (exact) mass is 239 g/mol. The van der Waals surface area contributed by atoms with Crippen LogP contribution in [-0.2, 0) is 11.8 Å². The minimum absolute atomic E-state index is 0.0339. The van der Waals surface area contributed by atoms with Crippen molar-refractivity contribution in [1.82, 2.24) is 15.5 Å². The molecule has 4 nitrogen and oxygen atoms in total. The van der Waals surface area contributed by atoms with Crippen LogP contribution >= 0.6 is 0 Å². The highest BCUT2D eigenvalue weighted by Crippen LogP contribution is 2.18. The van der Waals surface area contributed by atoms with Crippen molar-refractivity contribution in [2.45, 2.75) is 65.3 Å². The minimum Gasteiger partial charge on any atom is -0.339 e. The smallest absolute Gasteiger partial charge is 0.226 e. The summed E-state index contributed by atoms with van der Waals surface area (Å²) in [5.74, 6) is 1.54. The van der Waals surface area contributed by atoms with Gasteiger partial charge in [0.1, 0.15) is 0 Å². The van der Waals surface area contributed by atoms with Crippen LogP contribution in [0, 0.1) is 0 Å². The van der Waals surface area contributed by atoms with Crippen LogP contribution in [0.5, 0.6) is 0 Å². The third-order valence-corrected chi connectivity index (χ3v) is 2.67. The zero-order valence-electron chi connectivity index (χ0n) is 11.7. The van der Waals surface area contributed by atoms with E-state index in [1.165, 1.54) is 6.42 Å². The van der Waals surface area contributed by atoms with E-state index in [0.29, 0.717) is 6.04 Å². The van der Waals surface area contributed by atoms with Crippen LogP contribution in [0.4, 0.5) is 0 Å². The highest BCUT2D eigenvalue weighted by atomic mass is 16.5. The fourth-order valence-corrected chi connectivity index (χ4v) is 1.49. The van der Waals surface area contributed by atoms with E-state index in [9.17, 15) is 0 Å². The van der Waals surface area contributed by atoms with E-state index in [0.717, 1.165) is 31.1 Å². The Labute approximate surface area is 104 Å². The molecular formula is C13H25N3O. The van der Waals surface area contributed by atoms with Gasteiger partial charge in [0.15, 0.2) is 5.82 Å². The molecule has 1 unspecified atom stereocenters. The van der Waals surface area contributed by atoms with Gasteiger partial charge >= 0.3 is 0 Å². The molecule has 0 aliphatic rings. The second-order valence-corrected chi connectivity index (χ2v) is 5.66. The topological polar surface area (TPSA) is 51.0 Å². The predicted octanol–water partition coefficient (Wildman–Crippen LogP) is 2.69. The fraction of sp³-hybridized carbons (Fsp3) is 0.846. The zero-order valence-corrected chi connectivity index (χ0v) is 11.7. The predicted molar refractivity (Wildman–Crippen MR) is 69.1 cm³/mol. The van der Waals surface area contributed by atoms with Crippen molar-refractivity contribution in [3.63, 3.8) is 0 Å². The molecule has 0 saturated heterocycles. The van der Waals surface area contributed by atoms with E-state index in [-0.39, 0.29) is 5.41 Å². The first kappa shape index (κ1) is 14.2. The minimum atomic E-state index is -0.0339. The van der Waals surface area contributed by atoms with Gasteiger partial charge in [0.2, 0.25) is 5.89 Å². The maximum Gasteiger partial charge on any atom is 0.226 e. The van der Waals surface area contributed by atoms with Crippen LogP contribution in [0.3, 0.4) is 0 Å². The highest BCUT2D eigenvalue weighted by Gasteiger charge is 2.20. The van der Waals surface area contributed by atoms with Crippen LogP contribution in [0.2, 0.25) is 0 Å². The van der Waals surface area contributed by atoms with Gasteiger partial charge in [-0.05, 0) is 26.3 Å². The quantitative estimate of drug-likeness (QED) is 0.829. The van der Waals surface area contributed by atoms with Gasteiger partial charge in [-0.1, -0.05) is 32.9 Å². The number of rotatable bonds is 6. The first-order valence-electron chi connectivity index (χ1n) is 6.50. The molecule has 17 heavy (non-hydrogen) atoms. The summed E-state index contributed by atoms with van der Waals surface area (Å²) in [6, 6.07) is 0.500. The molecule has 0 radical (unpaired) electrons. The van der Waals surface area contributed by atoms with Crippen molar-refractivity contribution >= 4 is 0 Å². The van der Waals surface area contributed by atoms with Gasteiger partial charge in [0.05, 0.1) is 0 Å². The Bertz CT molecular complexity index is 328. The Morgan fingerprint density at radius 3 is 2.59 bits per heavy atom. The molecule has 4 heteroatoms. The lowest BCUT2D eigenvalue weighted by Crippen LogP contribution is -2.27. The van der Waals surface area contributed by atoms with E-state index < -0.39 is 0 Å². The van der Waals surface area contributed by atoms with Crippen molar-refractivity contribution in [1.29, 1.82) is 0 Å². The van der Waals surface area contributed by atoms with Crippen LogP contribution < -0.4 is 5.32 Å². The van der Waals surface area contributed by atoms with E-state index in [1.807, 2.05) is 0 Å². The van der Waals surface area contributed by atoms with Crippen LogP contribution in [0.25, 0.3) is 0 Å². The summed E-state index contributed by atoms with van der Waals surface area (Å²) in [5.41, 5.74) is -0.0339. The molecule has 0 bridgehead atoms.